The monoisotopic (exact) mass is 209 g/mol. The SMILES string of the molecule is CC(CC#N)N(C)C(=O)CNCC1CC1. The van der Waals surface area contributed by atoms with E-state index in [0.717, 1.165) is 12.5 Å². The van der Waals surface area contributed by atoms with E-state index in [1.807, 2.05) is 6.92 Å². The van der Waals surface area contributed by atoms with Crippen LogP contribution in [0.5, 0.6) is 0 Å². The summed E-state index contributed by atoms with van der Waals surface area (Å²) in [7, 11) is 1.75. The van der Waals surface area contributed by atoms with Crippen molar-refractivity contribution in [2.75, 3.05) is 20.1 Å². The maximum atomic E-state index is 11.6. The molecule has 15 heavy (non-hydrogen) atoms. The fraction of sp³-hybridized carbons (Fsp3) is 0.818. The second-order valence-electron chi connectivity index (χ2n) is 4.29. The van der Waals surface area contributed by atoms with E-state index in [2.05, 4.69) is 11.4 Å². The average molecular weight is 209 g/mol. The largest absolute Gasteiger partial charge is 0.341 e. The van der Waals surface area contributed by atoms with Crippen LogP contribution in [-0.2, 0) is 4.79 Å². The van der Waals surface area contributed by atoms with Gasteiger partial charge in [0.15, 0.2) is 0 Å². The number of hydrogen-bond acceptors (Lipinski definition) is 3. The van der Waals surface area contributed by atoms with Crippen molar-refractivity contribution < 1.29 is 4.79 Å². The summed E-state index contributed by atoms with van der Waals surface area (Å²) < 4.78 is 0. The van der Waals surface area contributed by atoms with Crippen LogP contribution in [0.15, 0.2) is 0 Å². The Kier molecular flexibility index (Phi) is 4.57. The molecule has 0 aromatic rings. The summed E-state index contributed by atoms with van der Waals surface area (Å²) in [5, 5.41) is 11.7. The lowest BCUT2D eigenvalue weighted by atomic mass is 10.2. The van der Waals surface area contributed by atoms with Gasteiger partial charge in [-0.1, -0.05) is 0 Å². The van der Waals surface area contributed by atoms with Gasteiger partial charge in [0.25, 0.3) is 0 Å². The van der Waals surface area contributed by atoms with Gasteiger partial charge in [-0.2, -0.15) is 5.26 Å². The lowest BCUT2D eigenvalue weighted by Gasteiger charge is -2.23. The van der Waals surface area contributed by atoms with E-state index in [0.29, 0.717) is 13.0 Å². The molecule has 0 bridgehead atoms. The minimum atomic E-state index is 0.00484. The second kappa shape index (κ2) is 5.72. The molecule has 4 nitrogen and oxygen atoms in total. The van der Waals surface area contributed by atoms with E-state index in [-0.39, 0.29) is 11.9 Å². The Labute approximate surface area is 91.2 Å². The predicted octanol–water partition coefficient (Wildman–Crippen LogP) is 0.747. The molecule has 0 heterocycles. The number of carbonyl (C=O) groups is 1. The zero-order valence-corrected chi connectivity index (χ0v) is 9.49. The van der Waals surface area contributed by atoms with Gasteiger partial charge in [0.05, 0.1) is 19.0 Å². The quantitative estimate of drug-likeness (QED) is 0.702. The van der Waals surface area contributed by atoms with Crippen molar-refractivity contribution >= 4 is 5.91 Å². The van der Waals surface area contributed by atoms with Crippen LogP contribution < -0.4 is 5.32 Å². The van der Waals surface area contributed by atoms with E-state index in [1.54, 1.807) is 11.9 Å². The third kappa shape index (κ3) is 4.30. The Bertz CT molecular complexity index is 255. The second-order valence-corrected chi connectivity index (χ2v) is 4.29. The summed E-state index contributed by atoms with van der Waals surface area (Å²) in [5.74, 6) is 0.859. The first-order chi connectivity index (χ1) is 7.15. The Balaban J connectivity index is 2.16. The smallest absolute Gasteiger partial charge is 0.236 e. The Morgan fingerprint density at radius 2 is 2.33 bits per heavy atom. The fourth-order valence-electron chi connectivity index (χ4n) is 1.34. The van der Waals surface area contributed by atoms with Gasteiger partial charge in [-0.05, 0) is 32.2 Å². The molecule has 0 radical (unpaired) electrons. The first-order valence-corrected chi connectivity index (χ1v) is 5.48. The normalized spacial score (nSPS) is 16.9. The van der Waals surface area contributed by atoms with E-state index in [4.69, 9.17) is 5.26 Å². The van der Waals surface area contributed by atoms with Crippen LogP contribution in [0.25, 0.3) is 0 Å². The molecule has 1 saturated carbocycles. The molecular formula is C11H19N3O. The molecule has 1 N–H and O–H groups in total. The van der Waals surface area contributed by atoms with Crippen molar-refractivity contribution in [3.8, 4) is 6.07 Å². The van der Waals surface area contributed by atoms with E-state index >= 15 is 0 Å². The van der Waals surface area contributed by atoms with E-state index in [1.165, 1.54) is 12.8 Å². The summed E-state index contributed by atoms with van der Waals surface area (Å²) in [6.07, 6.45) is 2.98. The van der Waals surface area contributed by atoms with Crippen LogP contribution >= 0.6 is 0 Å². The Hall–Kier alpha value is -1.08. The number of likely N-dealkylation sites (N-methyl/N-ethyl adjacent to an activating group) is 1. The number of amides is 1. The van der Waals surface area contributed by atoms with Crippen molar-refractivity contribution in [3.63, 3.8) is 0 Å². The van der Waals surface area contributed by atoms with Gasteiger partial charge in [0.2, 0.25) is 5.91 Å². The number of carbonyl (C=O) groups excluding carboxylic acids is 1. The topological polar surface area (TPSA) is 56.1 Å². The van der Waals surface area contributed by atoms with Crippen LogP contribution in [0.4, 0.5) is 0 Å². The van der Waals surface area contributed by atoms with Gasteiger partial charge in [-0.25, -0.2) is 0 Å². The maximum absolute atomic E-state index is 11.6. The van der Waals surface area contributed by atoms with E-state index < -0.39 is 0 Å². The Morgan fingerprint density at radius 1 is 1.67 bits per heavy atom. The summed E-state index contributed by atoms with van der Waals surface area (Å²) in [4.78, 5) is 13.3. The van der Waals surface area contributed by atoms with Crippen molar-refractivity contribution in [1.29, 1.82) is 5.26 Å². The highest BCUT2D eigenvalue weighted by Gasteiger charge is 2.21. The van der Waals surface area contributed by atoms with Crippen LogP contribution in [0.2, 0.25) is 0 Å². The molecule has 1 aliphatic rings. The van der Waals surface area contributed by atoms with Crippen LogP contribution in [0, 0.1) is 17.2 Å². The van der Waals surface area contributed by atoms with Gasteiger partial charge >= 0.3 is 0 Å². The zero-order valence-electron chi connectivity index (χ0n) is 9.49. The molecule has 0 spiro atoms. The molecule has 1 unspecified atom stereocenters. The molecule has 0 aromatic carbocycles. The molecule has 1 fully saturated rings. The minimum absolute atomic E-state index is 0.00484. The molecule has 1 amide bonds. The van der Waals surface area contributed by atoms with Crippen molar-refractivity contribution in [2.24, 2.45) is 5.92 Å². The molecule has 1 aliphatic carbocycles. The van der Waals surface area contributed by atoms with Gasteiger partial charge < -0.3 is 10.2 Å². The van der Waals surface area contributed by atoms with Crippen LogP contribution in [-0.4, -0.2) is 37.0 Å². The van der Waals surface area contributed by atoms with Gasteiger partial charge in [0, 0.05) is 13.1 Å². The van der Waals surface area contributed by atoms with Crippen molar-refractivity contribution in [2.45, 2.75) is 32.2 Å². The van der Waals surface area contributed by atoms with Crippen molar-refractivity contribution in [3.05, 3.63) is 0 Å². The van der Waals surface area contributed by atoms with Gasteiger partial charge in [-0.3, -0.25) is 4.79 Å². The predicted molar refractivity (Wildman–Crippen MR) is 58.1 cm³/mol. The number of nitrogens with zero attached hydrogens (tertiary/aromatic N) is 2. The minimum Gasteiger partial charge on any atom is -0.341 e. The highest BCUT2D eigenvalue weighted by molar-refractivity contribution is 5.78. The molecule has 0 aromatic heterocycles. The van der Waals surface area contributed by atoms with Gasteiger partial charge in [0.1, 0.15) is 0 Å². The van der Waals surface area contributed by atoms with Crippen LogP contribution in [0.3, 0.4) is 0 Å². The highest BCUT2D eigenvalue weighted by atomic mass is 16.2. The third-order valence-electron chi connectivity index (χ3n) is 2.85. The summed E-state index contributed by atoms with van der Waals surface area (Å²) >= 11 is 0. The zero-order chi connectivity index (χ0) is 11.3. The molecule has 1 rings (SSSR count). The first-order valence-electron chi connectivity index (χ1n) is 5.48. The van der Waals surface area contributed by atoms with E-state index in [9.17, 15) is 4.79 Å². The molecule has 4 heteroatoms. The number of rotatable bonds is 6. The molecular weight excluding hydrogens is 190 g/mol. The fourth-order valence-corrected chi connectivity index (χ4v) is 1.34. The molecule has 0 saturated heterocycles. The van der Waals surface area contributed by atoms with Crippen molar-refractivity contribution in [1.82, 2.24) is 10.2 Å². The number of nitriles is 1. The standard InChI is InChI=1S/C11H19N3O/c1-9(5-6-12)14(2)11(15)8-13-7-10-3-4-10/h9-10,13H,3-5,7-8H2,1-2H3. The lowest BCUT2D eigenvalue weighted by Crippen LogP contribution is -2.41. The number of hydrogen-bond donors (Lipinski definition) is 1. The summed E-state index contributed by atoms with van der Waals surface area (Å²) in [6, 6.07) is 2.08. The number of nitrogens with one attached hydrogen (secondary N) is 1. The van der Waals surface area contributed by atoms with Gasteiger partial charge in [-0.15, -0.1) is 0 Å². The summed E-state index contributed by atoms with van der Waals surface area (Å²) in [6.45, 7) is 3.23. The third-order valence-corrected chi connectivity index (χ3v) is 2.85. The molecule has 84 valence electrons. The summed E-state index contributed by atoms with van der Waals surface area (Å²) in [5.41, 5.74) is 0. The molecule has 0 aliphatic heterocycles. The average Bonchev–Trinajstić information content (AvgIpc) is 3.00. The maximum Gasteiger partial charge on any atom is 0.236 e. The Morgan fingerprint density at radius 3 is 2.87 bits per heavy atom. The lowest BCUT2D eigenvalue weighted by molar-refractivity contribution is -0.130. The van der Waals surface area contributed by atoms with Crippen LogP contribution in [0.1, 0.15) is 26.2 Å². The highest BCUT2D eigenvalue weighted by Crippen LogP contribution is 2.27. The first kappa shape index (κ1) is 12.0. The molecule has 1 atom stereocenters.